The van der Waals surface area contributed by atoms with Crippen molar-refractivity contribution < 1.29 is 24.1 Å². The Kier molecular flexibility index (Phi) is 8.98. The number of benzene rings is 5. The van der Waals surface area contributed by atoms with Crippen molar-refractivity contribution in [2.24, 2.45) is 0 Å². The third-order valence-corrected chi connectivity index (χ3v) is 13.2. The number of nitrogens with zero attached hydrogens (tertiary/aromatic N) is 4. The standard InChI is InChI=1S/C52H44N4O.Pt/c1-34-35(2)37-15-14-36(34)16-17-39-19-22-42(21-18-37)55-33-54(32-50(39)55)43-12-9-13-44(30-43)57-45-23-24-46-47-28-40(38-10-7-6-8-11-38)20-25-48(47)56(49(46)31-45)51-29-41(26-27-53-51)52(3,4)5;/h6-15,19-20,22-29,32H,16-18,21H2,1-5H3;/q-2;. The molecule has 6 heteroatoms. The Morgan fingerprint density at radius 1 is 0.655 bits per heavy atom. The molecular weight excluding hydrogens is 892 g/mol. The molecule has 0 N–H and O–H groups in total. The Hall–Kier alpha value is -5.77. The van der Waals surface area contributed by atoms with Crippen LogP contribution in [0.25, 0.3) is 50.0 Å². The molecule has 0 atom stereocenters. The fourth-order valence-electron chi connectivity index (χ4n) is 8.65. The maximum absolute atomic E-state index is 6.65. The summed E-state index contributed by atoms with van der Waals surface area (Å²) in [6.45, 7) is 11.3. The van der Waals surface area contributed by atoms with Crippen molar-refractivity contribution in [3.63, 3.8) is 0 Å². The molecule has 0 fully saturated rings. The Bertz CT molecular complexity index is 3120. The van der Waals surface area contributed by atoms with E-state index < -0.39 is 0 Å². The Labute approximate surface area is 350 Å². The number of hydrogen-bond acceptors (Lipinski definition) is 2. The Morgan fingerprint density at radius 3 is 2.19 bits per heavy atom. The Morgan fingerprint density at radius 2 is 1.40 bits per heavy atom. The van der Waals surface area contributed by atoms with Crippen LogP contribution in [0.1, 0.15) is 59.8 Å². The van der Waals surface area contributed by atoms with Crippen LogP contribution in [0.3, 0.4) is 0 Å². The molecule has 290 valence electrons. The van der Waals surface area contributed by atoms with Crippen molar-refractivity contribution in [3.05, 3.63) is 183 Å². The first-order valence-corrected chi connectivity index (χ1v) is 21.3. The molecule has 4 aromatic heterocycles. The molecule has 4 bridgehead atoms. The third-order valence-electron chi connectivity index (χ3n) is 12.1. The summed E-state index contributed by atoms with van der Waals surface area (Å²) in [5, 5.41) is 2.24. The summed E-state index contributed by atoms with van der Waals surface area (Å²) >= 11 is 2.48. The van der Waals surface area contributed by atoms with E-state index in [0.29, 0.717) is 11.5 Å². The first-order chi connectivity index (χ1) is 28.1. The van der Waals surface area contributed by atoms with Gasteiger partial charge in [0.05, 0.1) is 0 Å². The minimum absolute atomic E-state index is 0.0284. The van der Waals surface area contributed by atoms with Crippen LogP contribution in [0.2, 0.25) is 0 Å². The topological polar surface area (TPSA) is 36.4 Å². The van der Waals surface area contributed by atoms with Crippen molar-refractivity contribution in [1.82, 2.24) is 18.5 Å². The number of ether oxygens (including phenoxy) is 1. The van der Waals surface area contributed by atoms with Crippen LogP contribution in [0.15, 0.2) is 128 Å². The van der Waals surface area contributed by atoms with Crippen LogP contribution >= 0.6 is 0 Å². The van der Waals surface area contributed by atoms with Crippen molar-refractivity contribution in [1.29, 1.82) is 0 Å². The van der Waals surface area contributed by atoms with Gasteiger partial charge in [-0.15, -0.1) is 0 Å². The number of hydrogen-bond donors (Lipinski definition) is 0. The second-order valence-corrected chi connectivity index (χ2v) is 17.6. The number of pyridine rings is 2. The summed E-state index contributed by atoms with van der Waals surface area (Å²) in [7, 11) is 0. The summed E-state index contributed by atoms with van der Waals surface area (Å²) in [6.07, 6.45) is 8.17. The van der Waals surface area contributed by atoms with Gasteiger partial charge in [-0.3, -0.25) is 0 Å². The van der Waals surface area contributed by atoms with E-state index in [0.717, 1.165) is 62.8 Å². The minimum atomic E-state index is -0.0284. The zero-order valence-electron chi connectivity index (χ0n) is 33.5. The van der Waals surface area contributed by atoms with E-state index in [1.54, 1.807) is 0 Å². The van der Waals surface area contributed by atoms with E-state index in [1.165, 1.54) is 55.7 Å². The molecule has 0 spiro atoms. The molecule has 0 saturated heterocycles. The molecule has 0 radical (unpaired) electrons. The zero-order valence-corrected chi connectivity index (χ0v) is 35.7. The van der Waals surface area contributed by atoms with Crippen LogP contribution in [-0.4, -0.2) is 18.5 Å². The summed E-state index contributed by atoms with van der Waals surface area (Å²) in [6, 6.07) is 48.5. The van der Waals surface area contributed by atoms with Crippen LogP contribution in [-0.2, 0) is 50.5 Å². The van der Waals surface area contributed by atoms with Crippen LogP contribution in [0.4, 0.5) is 0 Å². The molecule has 13 rings (SSSR count). The van der Waals surface area contributed by atoms with E-state index in [4.69, 9.17) is 9.72 Å². The van der Waals surface area contributed by atoms with E-state index in [1.807, 2.05) is 24.4 Å². The fraction of sp³-hybridized carbons (Fsp3) is 0.192. The summed E-state index contributed by atoms with van der Waals surface area (Å²) in [5.74, 6) is 2.11. The molecule has 9 aromatic rings. The summed E-state index contributed by atoms with van der Waals surface area (Å²) in [5.41, 5.74) is 16.1. The van der Waals surface area contributed by atoms with Gasteiger partial charge in [-0.2, -0.15) is 0 Å². The van der Waals surface area contributed by atoms with E-state index in [9.17, 15) is 0 Å². The van der Waals surface area contributed by atoms with Gasteiger partial charge in [0.25, 0.3) is 0 Å². The molecule has 5 aromatic carbocycles. The van der Waals surface area contributed by atoms with Crippen molar-refractivity contribution >= 4 is 27.3 Å². The molecule has 0 amide bonds. The summed E-state index contributed by atoms with van der Waals surface area (Å²) < 4.78 is 14.7. The third kappa shape index (κ3) is 6.37. The predicted molar refractivity (Wildman–Crippen MR) is 231 cm³/mol. The number of fused-ring (bicyclic) bond motifs is 3. The molecule has 5 nitrogen and oxygen atoms in total. The quantitative estimate of drug-likeness (QED) is 0.161. The molecule has 6 heterocycles. The van der Waals surface area contributed by atoms with Gasteiger partial charge >= 0.3 is 261 Å². The number of aryl methyl sites for hydroxylation is 4. The van der Waals surface area contributed by atoms with Gasteiger partial charge in [0.15, 0.2) is 0 Å². The molecule has 2 aliphatic carbocycles. The van der Waals surface area contributed by atoms with Crippen molar-refractivity contribution in [2.75, 3.05) is 0 Å². The maximum atomic E-state index is 6.65. The van der Waals surface area contributed by atoms with Gasteiger partial charge in [0.2, 0.25) is 0 Å². The number of rotatable bonds is 5. The second-order valence-electron chi connectivity index (χ2n) is 16.6. The monoisotopic (exact) mass is 935 g/mol. The number of aromatic nitrogens is 4. The van der Waals surface area contributed by atoms with E-state index in [-0.39, 0.29) is 5.41 Å². The van der Waals surface area contributed by atoms with Crippen LogP contribution in [0.5, 0.6) is 11.5 Å². The zero-order chi connectivity index (χ0) is 39.7. The van der Waals surface area contributed by atoms with E-state index >= 15 is 0 Å². The molecule has 58 heavy (non-hydrogen) atoms. The van der Waals surface area contributed by atoms with Gasteiger partial charge in [-0.05, 0) is 28.2 Å². The molecule has 0 saturated carbocycles. The van der Waals surface area contributed by atoms with Gasteiger partial charge in [0, 0.05) is 6.20 Å². The van der Waals surface area contributed by atoms with E-state index in [2.05, 4.69) is 183 Å². The fourth-order valence-corrected chi connectivity index (χ4v) is 9.67. The first-order valence-electron chi connectivity index (χ1n) is 20.1. The Balaban J connectivity index is 1.05. The predicted octanol–water partition coefficient (Wildman–Crippen LogP) is 12.2. The van der Waals surface area contributed by atoms with Crippen molar-refractivity contribution in [3.8, 4) is 34.1 Å². The average molecular weight is 936 g/mol. The molecule has 0 unspecified atom stereocenters. The number of imidazole rings is 1. The SMILES string of the molecule is Cc1c2ccc(c1C)CCc1ccc(c3cn(-c4[c-]c(Oc5[c-]c6c(cc5)c5cc(-c7ccccc7)ccc5n6-c5cc(C(C)(C)C)ccn5)ccc4)[c](=[Pt])n13)CC2. The van der Waals surface area contributed by atoms with Gasteiger partial charge in [-0.1, -0.05) is 57.2 Å². The summed E-state index contributed by atoms with van der Waals surface area (Å²) in [4.78, 5) is 4.91. The molecule has 4 aliphatic rings. The first kappa shape index (κ1) is 36.6. The van der Waals surface area contributed by atoms with Gasteiger partial charge < -0.3 is 0 Å². The van der Waals surface area contributed by atoms with Gasteiger partial charge in [-0.25, -0.2) is 0 Å². The average Bonchev–Trinajstić information content (AvgIpc) is 3.75. The van der Waals surface area contributed by atoms with Gasteiger partial charge in [0.1, 0.15) is 0 Å². The normalized spacial score (nSPS) is 13.1. The van der Waals surface area contributed by atoms with Crippen LogP contribution < -0.4 is 4.74 Å². The van der Waals surface area contributed by atoms with Crippen LogP contribution in [0, 0.1) is 29.8 Å². The second kappa shape index (κ2) is 14.3. The van der Waals surface area contributed by atoms with Crippen molar-refractivity contribution in [2.45, 2.75) is 65.7 Å². The molecular formula is C52H44N4OPt-2. The molecule has 2 aliphatic heterocycles.